The lowest BCUT2D eigenvalue weighted by Gasteiger charge is -2.24. The molecule has 2 amide bonds. The van der Waals surface area contributed by atoms with Gasteiger partial charge in [0.15, 0.2) is 0 Å². The summed E-state index contributed by atoms with van der Waals surface area (Å²) in [6.45, 7) is 4.29. The molecule has 1 aromatic heterocycles. The lowest BCUT2D eigenvalue weighted by molar-refractivity contribution is -0.123. The van der Waals surface area contributed by atoms with E-state index in [0.717, 1.165) is 60.1 Å². The van der Waals surface area contributed by atoms with E-state index in [2.05, 4.69) is 20.9 Å². The third kappa shape index (κ3) is 6.08. The summed E-state index contributed by atoms with van der Waals surface area (Å²) in [7, 11) is 0. The van der Waals surface area contributed by atoms with E-state index in [4.69, 9.17) is 4.74 Å². The summed E-state index contributed by atoms with van der Waals surface area (Å²) in [6, 6.07) is 15.2. The highest BCUT2D eigenvalue weighted by atomic mass is 16.5. The number of benzene rings is 2. The fourth-order valence-corrected chi connectivity index (χ4v) is 4.96. The highest BCUT2D eigenvalue weighted by Crippen LogP contribution is 2.34. The molecule has 2 aromatic carbocycles. The van der Waals surface area contributed by atoms with E-state index in [-0.39, 0.29) is 17.9 Å². The second kappa shape index (κ2) is 11.2. The molecule has 0 radical (unpaired) electrons. The maximum atomic E-state index is 13.2. The number of piperidine rings is 1. The molecule has 1 atom stereocenters. The zero-order valence-corrected chi connectivity index (χ0v) is 20.9. The molecule has 0 bridgehead atoms. The van der Waals surface area contributed by atoms with E-state index in [9.17, 15) is 9.59 Å². The number of carbonyl (C=O) groups excluding carboxylic acids is 2. The largest absolute Gasteiger partial charge is 0.490 e. The van der Waals surface area contributed by atoms with Crippen molar-refractivity contribution < 1.29 is 14.3 Å². The molecule has 7 heteroatoms. The van der Waals surface area contributed by atoms with Crippen molar-refractivity contribution >= 4 is 22.7 Å². The van der Waals surface area contributed by atoms with Gasteiger partial charge in [-0.1, -0.05) is 43.2 Å². The number of rotatable bonds is 10. The number of nitrogens with one attached hydrogen (secondary N) is 4. The molecule has 190 valence electrons. The number of carbonyl (C=O) groups is 2. The summed E-state index contributed by atoms with van der Waals surface area (Å²) in [5, 5.41) is 10.4. The minimum atomic E-state index is -0.571. The van der Waals surface area contributed by atoms with Crippen LogP contribution in [0.3, 0.4) is 0 Å². The summed E-state index contributed by atoms with van der Waals surface area (Å²) < 4.78 is 6.15. The van der Waals surface area contributed by atoms with Gasteiger partial charge in [-0.25, -0.2) is 0 Å². The SMILES string of the molecule is Cc1c(C(=O)NC(CCC2CC2)C(=O)NCc2cccc(OC3CCNCC3)c2)[nH]c2ccccc12. The third-order valence-corrected chi connectivity index (χ3v) is 7.33. The quantitative estimate of drug-likeness (QED) is 0.344. The monoisotopic (exact) mass is 488 g/mol. The van der Waals surface area contributed by atoms with Crippen molar-refractivity contribution in [2.45, 2.75) is 64.1 Å². The van der Waals surface area contributed by atoms with E-state index >= 15 is 0 Å². The van der Waals surface area contributed by atoms with Gasteiger partial charge < -0.3 is 25.7 Å². The van der Waals surface area contributed by atoms with Gasteiger partial charge in [0.2, 0.25) is 5.91 Å². The molecule has 3 aromatic rings. The van der Waals surface area contributed by atoms with Crippen molar-refractivity contribution in [3.63, 3.8) is 0 Å². The van der Waals surface area contributed by atoms with Crippen molar-refractivity contribution in [3.05, 3.63) is 65.4 Å². The fraction of sp³-hybridized carbons (Fsp3) is 0.448. The van der Waals surface area contributed by atoms with Crippen LogP contribution < -0.4 is 20.7 Å². The number of aromatic amines is 1. The van der Waals surface area contributed by atoms with Crippen molar-refractivity contribution in [1.82, 2.24) is 20.9 Å². The maximum absolute atomic E-state index is 13.2. The number of aromatic nitrogens is 1. The molecular formula is C29H36N4O3. The summed E-state index contributed by atoms with van der Waals surface area (Å²) >= 11 is 0. The number of hydrogen-bond acceptors (Lipinski definition) is 4. The van der Waals surface area contributed by atoms with Crippen LogP contribution in [0, 0.1) is 12.8 Å². The van der Waals surface area contributed by atoms with E-state index in [1.165, 1.54) is 12.8 Å². The molecule has 1 saturated carbocycles. The molecule has 4 N–H and O–H groups in total. The molecule has 36 heavy (non-hydrogen) atoms. The Labute approximate surface area is 212 Å². The van der Waals surface area contributed by atoms with Gasteiger partial charge in [-0.15, -0.1) is 0 Å². The topological polar surface area (TPSA) is 95.2 Å². The Morgan fingerprint density at radius 1 is 1.06 bits per heavy atom. The number of fused-ring (bicyclic) bond motifs is 1. The van der Waals surface area contributed by atoms with Crippen molar-refractivity contribution in [3.8, 4) is 5.75 Å². The van der Waals surface area contributed by atoms with Crippen LogP contribution >= 0.6 is 0 Å². The second-order valence-electron chi connectivity index (χ2n) is 10.1. The molecule has 2 aliphatic rings. The number of H-pyrrole nitrogens is 1. The third-order valence-electron chi connectivity index (χ3n) is 7.33. The molecule has 2 heterocycles. The lowest BCUT2D eigenvalue weighted by Crippen LogP contribution is -2.46. The first-order chi connectivity index (χ1) is 17.6. The first kappa shape index (κ1) is 24.4. The van der Waals surface area contributed by atoms with E-state index in [1.54, 1.807) is 0 Å². The Morgan fingerprint density at radius 3 is 2.64 bits per heavy atom. The summed E-state index contributed by atoms with van der Waals surface area (Å²) in [6.07, 6.45) is 6.24. The lowest BCUT2D eigenvalue weighted by atomic mass is 10.1. The zero-order valence-electron chi connectivity index (χ0n) is 20.9. The maximum Gasteiger partial charge on any atom is 0.268 e. The first-order valence-electron chi connectivity index (χ1n) is 13.2. The number of aryl methyl sites for hydroxylation is 1. The number of hydrogen-bond donors (Lipinski definition) is 4. The molecule has 1 saturated heterocycles. The summed E-state index contributed by atoms with van der Waals surface area (Å²) in [5.74, 6) is 1.12. The Bertz CT molecular complexity index is 1210. The summed E-state index contributed by atoms with van der Waals surface area (Å²) in [4.78, 5) is 29.6. The minimum absolute atomic E-state index is 0.151. The van der Waals surface area contributed by atoms with Crippen LogP contribution in [-0.4, -0.2) is 42.0 Å². The van der Waals surface area contributed by atoms with Crippen LogP contribution in [0.1, 0.15) is 60.1 Å². The van der Waals surface area contributed by atoms with Gasteiger partial charge in [0, 0.05) is 17.4 Å². The second-order valence-corrected chi connectivity index (χ2v) is 10.1. The van der Waals surface area contributed by atoms with Gasteiger partial charge in [0.25, 0.3) is 5.91 Å². The Kier molecular flexibility index (Phi) is 7.56. The number of para-hydroxylation sites is 1. The van der Waals surface area contributed by atoms with Crippen LogP contribution in [0.5, 0.6) is 5.75 Å². The van der Waals surface area contributed by atoms with Crippen molar-refractivity contribution in [2.24, 2.45) is 5.92 Å². The van der Waals surface area contributed by atoms with Crippen LogP contribution in [0.4, 0.5) is 0 Å². The first-order valence-corrected chi connectivity index (χ1v) is 13.2. The van der Waals surface area contributed by atoms with E-state index < -0.39 is 6.04 Å². The predicted octanol–water partition coefficient (Wildman–Crippen LogP) is 4.21. The Balaban J connectivity index is 1.22. The average molecular weight is 489 g/mol. The van der Waals surface area contributed by atoms with Crippen LogP contribution in [0.2, 0.25) is 0 Å². The van der Waals surface area contributed by atoms with Gasteiger partial charge in [-0.2, -0.15) is 0 Å². The summed E-state index contributed by atoms with van der Waals surface area (Å²) in [5.41, 5.74) is 3.32. The minimum Gasteiger partial charge on any atom is -0.490 e. The van der Waals surface area contributed by atoms with Gasteiger partial charge in [-0.05, 0) is 80.9 Å². The standard InChI is InChI=1S/C29H36N4O3/c1-19-24-7-2-3-8-25(24)32-27(19)29(35)33-26(12-11-20-9-10-20)28(34)31-18-21-5-4-6-23(17-21)36-22-13-15-30-16-14-22/h2-8,17,20,22,26,30,32H,9-16,18H2,1H3,(H,31,34)(H,33,35). The molecule has 1 aliphatic heterocycles. The molecular weight excluding hydrogens is 452 g/mol. The highest BCUT2D eigenvalue weighted by Gasteiger charge is 2.28. The molecule has 2 fully saturated rings. The normalized spacial score (nSPS) is 17.0. The van der Waals surface area contributed by atoms with Gasteiger partial charge in [0.1, 0.15) is 23.6 Å². The van der Waals surface area contributed by atoms with Gasteiger partial charge in [-0.3, -0.25) is 9.59 Å². The molecule has 1 unspecified atom stereocenters. The van der Waals surface area contributed by atoms with Crippen LogP contribution in [-0.2, 0) is 11.3 Å². The van der Waals surface area contributed by atoms with Gasteiger partial charge >= 0.3 is 0 Å². The van der Waals surface area contributed by atoms with E-state index in [0.29, 0.717) is 24.6 Å². The average Bonchev–Trinajstić information content (AvgIpc) is 3.67. The number of ether oxygens (including phenoxy) is 1. The van der Waals surface area contributed by atoms with Crippen molar-refractivity contribution in [2.75, 3.05) is 13.1 Å². The molecule has 7 nitrogen and oxygen atoms in total. The molecule has 0 spiro atoms. The van der Waals surface area contributed by atoms with E-state index in [1.807, 2.05) is 55.5 Å². The highest BCUT2D eigenvalue weighted by molar-refractivity contribution is 6.02. The van der Waals surface area contributed by atoms with Crippen molar-refractivity contribution in [1.29, 1.82) is 0 Å². The predicted molar refractivity (Wildman–Crippen MR) is 141 cm³/mol. The molecule has 5 rings (SSSR count). The zero-order chi connectivity index (χ0) is 24.9. The number of amides is 2. The van der Waals surface area contributed by atoms with Gasteiger partial charge in [0.05, 0.1) is 0 Å². The molecule has 1 aliphatic carbocycles. The van der Waals surface area contributed by atoms with Crippen LogP contribution in [0.15, 0.2) is 48.5 Å². The fourth-order valence-electron chi connectivity index (χ4n) is 4.96. The van der Waals surface area contributed by atoms with Crippen LogP contribution in [0.25, 0.3) is 10.9 Å². The Morgan fingerprint density at radius 2 is 1.86 bits per heavy atom. The smallest absolute Gasteiger partial charge is 0.268 e. The Hall–Kier alpha value is -3.32.